The normalized spacial score (nSPS) is 10.2. The summed E-state index contributed by atoms with van der Waals surface area (Å²) < 4.78 is 62.8. The minimum absolute atomic E-state index is 0.750. The Morgan fingerprint density at radius 3 is 1.92 bits per heavy atom. The van der Waals surface area contributed by atoms with E-state index in [0.717, 1.165) is 0 Å². The summed E-state index contributed by atoms with van der Waals surface area (Å²) in [5.74, 6) is -1.43. The van der Waals surface area contributed by atoms with Crippen LogP contribution in [0.3, 0.4) is 0 Å². The lowest BCUT2D eigenvalue weighted by atomic mass is 10.6. The number of halogens is 4. The lowest BCUT2D eigenvalue weighted by Gasteiger charge is -1.97. The Morgan fingerprint density at radius 2 is 1.77 bits per heavy atom. The summed E-state index contributed by atoms with van der Waals surface area (Å²) in [7, 11) is 0. The van der Waals surface area contributed by atoms with Gasteiger partial charge in [0.2, 0.25) is 5.82 Å². The van der Waals surface area contributed by atoms with Crippen molar-refractivity contribution < 1.29 is 26.0 Å². The first-order valence-electron chi connectivity index (χ1n) is 2.48. The monoisotopic (exact) mass is 219 g/mol. The minimum Gasteiger partial charge on any atom is -0.253 e. The molecule has 1 N–H and O–H groups in total. The van der Waals surface area contributed by atoms with Crippen LogP contribution in [0.1, 0.15) is 5.82 Å². The zero-order valence-corrected chi connectivity index (χ0v) is 6.45. The molecule has 0 unspecified atom stereocenters. The molecule has 0 aliphatic heterocycles. The molecule has 0 saturated carbocycles. The summed E-state index contributed by atoms with van der Waals surface area (Å²) in [5.41, 5.74) is 0. The van der Waals surface area contributed by atoms with Crippen molar-refractivity contribution in [2.24, 2.45) is 0 Å². The van der Waals surface area contributed by atoms with Gasteiger partial charge in [0, 0.05) is 0 Å². The van der Waals surface area contributed by atoms with Gasteiger partial charge in [-0.05, 0) is 0 Å². The molecule has 13 heavy (non-hydrogen) atoms. The third-order valence-electron chi connectivity index (χ3n) is 0.727. The molecule has 0 aromatic carbocycles. The number of nitrogens with one attached hydrogen (secondary N) is 1. The molecule has 0 fully saturated rings. The number of hydrogen-bond acceptors (Lipinski definition) is 4. The van der Waals surface area contributed by atoms with E-state index < -0.39 is 29.6 Å². The van der Waals surface area contributed by atoms with E-state index >= 15 is 0 Å². The van der Waals surface area contributed by atoms with E-state index in [1.165, 1.54) is 5.10 Å². The number of aromatic nitrogens is 3. The van der Waals surface area contributed by atoms with Gasteiger partial charge in [-0.15, -0.1) is 5.10 Å². The van der Waals surface area contributed by atoms with E-state index in [-0.39, 0.29) is 0 Å². The van der Waals surface area contributed by atoms with Gasteiger partial charge >= 0.3 is 23.8 Å². The SMILES string of the molecule is Fc1n[nH]c(C(F)(F)F)n1.O=S=O. The van der Waals surface area contributed by atoms with Crippen LogP contribution in [0.4, 0.5) is 17.6 Å². The molecule has 1 rings (SSSR count). The highest BCUT2D eigenvalue weighted by Crippen LogP contribution is 2.25. The van der Waals surface area contributed by atoms with Crippen LogP contribution in [0.15, 0.2) is 0 Å². The van der Waals surface area contributed by atoms with E-state index in [1.54, 1.807) is 0 Å². The highest BCUT2D eigenvalue weighted by atomic mass is 32.1. The van der Waals surface area contributed by atoms with Gasteiger partial charge in [-0.2, -0.15) is 31.0 Å². The smallest absolute Gasteiger partial charge is 0.253 e. The number of aromatic amines is 1. The fraction of sp³-hybridized carbons (Fsp3) is 0.333. The number of nitrogens with zero attached hydrogens (tertiary/aromatic N) is 2. The van der Waals surface area contributed by atoms with Crippen LogP contribution in [0, 0.1) is 6.08 Å². The Bertz CT molecular complexity index is 304. The second-order valence-electron chi connectivity index (χ2n) is 1.52. The quantitative estimate of drug-likeness (QED) is 0.636. The van der Waals surface area contributed by atoms with Gasteiger partial charge in [0.05, 0.1) is 0 Å². The topological polar surface area (TPSA) is 75.7 Å². The molecule has 10 heteroatoms. The van der Waals surface area contributed by atoms with Crippen LogP contribution in [-0.4, -0.2) is 23.6 Å². The van der Waals surface area contributed by atoms with Crippen LogP contribution in [0.2, 0.25) is 0 Å². The molecular formula is C3HF4N3O2S. The van der Waals surface area contributed by atoms with Crippen molar-refractivity contribution in [2.75, 3.05) is 0 Å². The van der Waals surface area contributed by atoms with Crippen molar-refractivity contribution in [3.05, 3.63) is 11.9 Å². The predicted octanol–water partition coefficient (Wildman–Crippen LogP) is 0.292. The second-order valence-corrected chi connectivity index (χ2v) is 1.65. The zero-order chi connectivity index (χ0) is 10.5. The van der Waals surface area contributed by atoms with Crippen molar-refractivity contribution in [3.8, 4) is 0 Å². The first kappa shape index (κ1) is 11.7. The van der Waals surface area contributed by atoms with Gasteiger partial charge in [0.1, 0.15) is 0 Å². The van der Waals surface area contributed by atoms with E-state index in [4.69, 9.17) is 8.42 Å². The molecule has 0 aliphatic rings. The summed E-state index contributed by atoms with van der Waals surface area (Å²) >= 11 is -0.750. The molecule has 5 nitrogen and oxygen atoms in total. The minimum atomic E-state index is -4.66. The number of alkyl halides is 3. The highest BCUT2D eigenvalue weighted by Gasteiger charge is 2.35. The van der Waals surface area contributed by atoms with Crippen LogP contribution < -0.4 is 0 Å². The molecule has 1 aromatic rings. The van der Waals surface area contributed by atoms with Crippen molar-refractivity contribution in [3.63, 3.8) is 0 Å². The first-order valence-corrected chi connectivity index (χ1v) is 3.15. The lowest BCUT2D eigenvalue weighted by molar-refractivity contribution is -0.144. The average molecular weight is 219 g/mol. The molecule has 0 radical (unpaired) electrons. The van der Waals surface area contributed by atoms with Gasteiger partial charge in [-0.3, -0.25) is 5.10 Å². The zero-order valence-electron chi connectivity index (χ0n) is 5.63. The van der Waals surface area contributed by atoms with Crippen molar-refractivity contribution in [2.45, 2.75) is 6.18 Å². The van der Waals surface area contributed by atoms with Crippen LogP contribution >= 0.6 is 0 Å². The molecule has 0 spiro atoms. The molecule has 0 aliphatic carbocycles. The Morgan fingerprint density at radius 1 is 1.31 bits per heavy atom. The first-order chi connectivity index (χ1) is 5.91. The van der Waals surface area contributed by atoms with Crippen LogP contribution in [0.25, 0.3) is 0 Å². The fourth-order valence-corrected chi connectivity index (χ4v) is 0.368. The summed E-state index contributed by atoms with van der Waals surface area (Å²) in [4.78, 5) is 2.42. The number of hydrogen-bond donors (Lipinski definition) is 1. The summed E-state index contributed by atoms with van der Waals surface area (Å²) in [6.45, 7) is 0. The maximum atomic E-state index is 11.7. The Balaban J connectivity index is 0.000000424. The average Bonchev–Trinajstić information content (AvgIpc) is 2.35. The lowest BCUT2D eigenvalue weighted by Crippen LogP contribution is -2.07. The Hall–Kier alpha value is -1.32. The Labute approximate surface area is 71.8 Å². The number of H-pyrrole nitrogens is 1. The van der Waals surface area contributed by atoms with Crippen LogP contribution in [0.5, 0.6) is 0 Å². The fourth-order valence-electron chi connectivity index (χ4n) is 0.368. The standard InChI is InChI=1S/C3HF4N3.O2S/c4-2-8-1(9-10-2)3(5,6)7;1-3-2/h(H,8,9,10);. The summed E-state index contributed by atoms with van der Waals surface area (Å²) in [6, 6.07) is 0. The highest BCUT2D eigenvalue weighted by molar-refractivity contribution is 7.51. The molecule has 0 saturated heterocycles. The summed E-state index contributed by atoms with van der Waals surface area (Å²) in [6.07, 6.45) is -6.07. The van der Waals surface area contributed by atoms with Gasteiger partial charge in [0.25, 0.3) is 0 Å². The van der Waals surface area contributed by atoms with Crippen molar-refractivity contribution in [1.82, 2.24) is 15.2 Å². The van der Waals surface area contributed by atoms with E-state index in [1.807, 2.05) is 0 Å². The predicted molar refractivity (Wildman–Crippen MR) is 30.3 cm³/mol. The molecule has 0 amide bonds. The van der Waals surface area contributed by atoms with Crippen molar-refractivity contribution >= 4 is 11.6 Å². The molecule has 0 atom stereocenters. The molecule has 0 bridgehead atoms. The third-order valence-corrected chi connectivity index (χ3v) is 0.727. The largest absolute Gasteiger partial charge is 0.451 e. The van der Waals surface area contributed by atoms with Gasteiger partial charge in [-0.1, -0.05) is 0 Å². The molecular weight excluding hydrogens is 218 g/mol. The maximum absolute atomic E-state index is 11.7. The molecule has 1 heterocycles. The second kappa shape index (κ2) is 4.64. The van der Waals surface area contributed by atoms with E-state index in [9.17, 15) is 17.6 Å². The Kier molecular flexibility index (Phi) is 4.17. The molecule has 74 valence electrons. The maximum Gasteiger partial charge on any atom is 0.451 e. The van der Waals surface area contributed by atoms with Gasteiger partial charge in [-0.25, -0.2) is 0 Å². The van der Waals surface area contributed by atoms with Crippen molar-refractivity contribution in [1.29, 1.82) is 0 Å². The van der Waals surface area contributed by atoms with Gasteiger partial charge in [0.15, 0.2) is 0 Å². The van der Waals surface area contributed by atoms with E-state index in [2.05, 4.69) is 10.1 Å². The molecule has 1 aromatic heterocycles. The van der Waals surface area contributed by atoms with Crippen LogP contribution in [-0.2, 0) is 17.7 Å². The third kappa shape index (κ3) is 4.30. The number of rotatable bonds is 0. The summed E-state index contributed by atoms with van der Waals surface area (Å²) in [5, 5.41) is 3.94. The van der Waals surface area contributed by atoms with Gasteiger partial charge < -0.3 is 0 Å². The van der Waals surface area contributed by atoms with E-state index in [0.29, 0.717) is 0 Å².